The van der Waals surface area contributed by atoms with Crippen molar-refractivity contribution in [2.75, 3.05) is 32.6 Å². The van der Waals surface area contributed by atoms with E-state index in [0.717, 1.165) is 31.2 Å². The van der Waals surface area contributed by atoms with Crippen molar-refractivity contribution in [2.45, 2.75) is 43.4 Å². The van der Waals surface area contributed by atoms with Gasteiger partial charge >= 0.3 is 0 Å². The Labute approximate surface area is 200 Å². The van der Waals surface area contributed by atoms with Crippen LogP contribution in [0.4, 0.5) is 5.69 Å². The second-order valence-corrected chi connectivity index (χ2v) is 10.8. The molecule has 9 heteroatoms. The average Bonchev–Trinajstić information content (AvgIpc) is 2.84. The molecule has 2 aromatic carbocycles. The molecular weight excluding hydrogens is 464 g/mol. The van der Waals surface area contributed by atoms with Gasteiger partial charge in [-0.1, -0.05) is 17.7 Å². The fourth-order valence-electron chi connectivity index (χ4n) is 4.57. The first kappa shape index (κ1) is 23.9. The molecular formula is C24H29ClN2O5S. The van der Waals surface area contributed by atoms with Crippen LogP contribution >= 0.6 is 11.6 Å². The smallest absolute Gasteiger partial charge is 0.243 e. The van der Waals surface area contributed by atoms with Crippen LogP contribution in [0.15, 0.2) is 35.2 Å². The molecule has 0 radical (unpaired) electrons. The molecule has 1 N–H and O–H groups in total. The number of sulfonamides is 1. The Morgan fingerprint density at radius 1 is 1.00 bits per heavy atom. The van der Waals surface area contributed by atoms with Gasteiger partial charge in [-0.05, 0) is 67.9 Å². The zero-order chi connectivity index (χ0) is 23.6. The number of methoxy groups -OCH3 is 2. The third kappa shape index (κ3) is 4.98. The minimum Gasteiger partial charge on any atom is -0.495 e. The minimum atomic E-state index is -3.58. The number of fused-ring (bicyclic) bond motifs is 1. The Kier molecular flexibility index (Phi) is 7.16. The number of nitrogens with zero attached hydrogens (tertiary/aromatic N) is 1. The van der Waals surface area contributed by atoms with Gasteiger partial charge in [0.2, 0.25) is 15.9 Å². The molecule has 0 spiro atoms. The van der Waals surface area contributed by atoms with Gasteiger partial charge in [-0.2, -0.15) is 4.31 Å². The minimum absolute atomic E-state index is 0.180. The first-order chi connectivity index (χ1) is 15.8. The van der Waals surface area contributed by atoms with Gasteiger partial charge in [-0.3, -0.25) is 4.79 Å². The lowest BCUT2D eigenvalue weighted by Crippen LogP contribution is -2.41. The fraction of sp³-hybridized carbons (Fsp3) is 0.458. The van der Waals surface area contributed by atoms with Gasteiger partial charge in [0.05, 0.1) is 29.8 Å². The number of nitrogens with one attached hydrogen (secondary N) is 1. The second kappa shape index (κ2) is 9.91. The van der Waals surface area contributed by atoms with Crippen LogP contribution in [0, 0.1) is 5.92 Å². The summed E-state index contributed by atoms with van der Waals surface area (Å²) >= 11 is 6.19. The van der Waals surface area contributed by atoms with Gasteiger partial charge in [-0.15, -0.1) is 0 Å². The summed E-state index contributed by atoms with van der Waals surface area (Å²) in [5.74, 6) is 0.412. The van der Waals surface area contributed by atoms with Crippen molar-refractivity contribution in [3.05, 3.63) is 46.5 Å². The molecule has 33 heavy (non-hydrogen) atoms. The van der Waals surface area contributed by atoms with E-state index in [2.05, 4.69) is 5.32 Å². The van der Waals surface area contributed by atoms with Gasteiger partial charge in [0.15, 0.2) is 0 Å². The quantitative estimate of drug-likeness (QED) is 0.650. The number of aryl methyl sites for hydroxylation is 2. The van der Waals surface area contributed by atoms with Gasteiger partial charge in [0, 0.05) is 25.1 Å². The van der Waals surface area contributed by atoms with Crippen molar-refractivity contribution in [1.82, 2.24) is 4.31 Å². The lowest BCUT2D eigenvalue weighted by atomic mass is 9.92. The summed E-state index contributed by atoms with van der Waals surface area (Å²) in [4.78, 5) is 13.2. The van der Waals surface area contributed by atoms with Crippen LogP contribution in [0.25, 0.3) is 0 Å². The van der Waals surface area contributed by atoms with E-state index in [0.29, 0.717) is 53.0 Å². The molecule has 1 fully saturated rings. The molecule has 0 bridgehead atoms. The summed E-state index contributed by atoms with van der Waals surface area (Å²) in [6.45, 7) is 0.607. The van der Waals surface area contributed by atoms with Crippen LogP contribution in [0.3, 0.4) is 0 Å². The van der Waals surface area contributed by atoms with Crippen molar-refractivity contribution >= 4 is 33.2 Å². The number of anilines is 1. The maximum Gasteiger partial charge on any atom is 0.243 e. The van der Waals surface area contributed by atoms with E-state index in [1.54, 1.807) is 18.2 Å². The molecule has 2 aliphatic rings. The molecule has 7 nitrogen and oxygen atoms in total. The number of amides is 1. The summed E-state index contributed by atoms with van der Waals surface area (Å²) < 4.78 is 38.4. The van der Waals surface area contributed by atoms with Crippen LogP contribution in [0.1, 0.15) is 36.8 Å². The lowest BCUT2D eigenvalue weighted by molar-refractivity contribution is -0.120. The Hall–Kier alpha value is -2.29. The number of ether oxygens (including phenoxy) is 2. The van der Waals surface area contributed by atoms with Crippen molar-refractivity contribution < 1.29 is 22.7 Å². The Balaban J connectivity index is 1.41. The van der Waals surface area contributed by atoms with Crippen LogP contribution < -0.4 is 14.8 Å². The molecule has 2 aromatic rings. The Morgan fingerprint density at radius 2 is 1.67 bits per heavy atom. The van der Waals surface area contributed by atoms with E-state index in [1.807, 2.05) is 12.1 Å². The molecule has 1 aliphatic heterocycles. The summed E-state index contributed by atoms with van der Waals surface area (Å²) in [5.41, 5.74) is 2.85. The molecule has 1 saturated heterocycles. The fourth-order valence-corrected chi connectivity index (χ4v) is 6.33. The van der Waals surface area contributed by atoms with Crippen molar-refractivity contribution in [3.63, 3.8) is 0 Å². The number of carbonyl (C=O) groups is 1. The standard InChI is InChI=1S/C24H29ClN2O5S/c1-31-22-15-23(32-2)21(14-20(22)25)26-24(28)17-9-11-27(12-10-17)33(29,30)19-8-7-16-5-3-4-6-18(16)13-19/h7-8,13-15,17H,3-6,9-12H2,1-2H3,(H,26,28). The first-order valence-electron chi connectivity index (χ1n) is 11.2. The zero-order valence-electron chi connectivity index (χ0n) is 18.9. The van der Waals surface area contributed by atoms with Crippen molar-refractivity contribution in [3.8, 4) is 11.5 Å². The second-order valence-electron chi connectivity index (χ2n) is 8.49. The maximum atomic E-state index is 13.2. The molecule has 1 amide bonds. The summed E-state index contributed by atoms with van der Waals surface area (Å²) in [5, 5.41) is 3.23. The van der Waals surface area contributed by atoms with E-state index in [9.17, 15) is 13.2 Å². The number of halogens is 1. The van der Waals surface area contributed by atoms with Gasteiger partial charge in [0.25, 0.3) is 0 Å². The number of rotatable bonds is 6. The summed E-state index contributed by atoms with van der Waals surface area (Å²) in [6, 6.07) is 8.72. The Bertz CT molecular complexity index is 1140. The van der Waals surface area contributed by atoms with Gasteiger partial charge < -0.3 is 14.8 Å². The summed E-state index contributed by atoms with van der Waals surface area (Å²) in [7, 11) is -0.570. The van der Waals surface area contributed by atoms with E-state index in [1.165, 1.54) is 24.1 Å². The van der Waals surface area contributed by atoms with Crippen molar-refractivity contribution in [2.24, 2.45) is 5.92 Å². The molecule has 4 rings (SSSR count). The lowest BCUT2D eigenvalue weighted by Gasteiger charge is -2.31. The van der Waals surface area contributed by atoms with Crippen molar-refractivity contribution in [1.29, 1.82) is 0 Å². The average molecular weight is 493 g/mol. The number of hydrogen-bond acceptors (Lipinski definition) is 5. The monoisotopic (exact) mass is 492 g/mol. The van der Waals surface area contributed by atoms with Crippen LogP contribution in [-0.2, 0) is 27.7 Å². The van der Waals surface area contributed by atoms with E-state index < -0.39 is 10.0 Å². The van der Waals surface area contributed by atoms with Gasteiger partial charge in [0.1, 0.15) is 11.5 Å². The molecule has 0 atom stereocenters. The third-order valence-electron chi connectivity index (χ3n) is 6.51. The zero-order valence-corrected chi connectivity index (χ0v) is 20.5. The Morgan fingerprint density at radius 3 is 2.33 bits per heavy atom. The maximum absolute atomic E-state index is 13.2. The molecule has 0 unspecified atom stereocenters. The predicted octanol–water partition coefficient (Wildman–Crippen LogP) is 4.28. The molecule has 1 heterocycles. The number of benzene rings is 2. The molecule has 0 aromatic heterocycles. The molecule has 1 aliphatic carbocycles. The largest absolute Gasteiger partial charge is 0.495 e. The first-order valence-corrected chi connectivity index (χ1v) is 13.0. The number of piperidine rings is 1. The normalized spacial score (nSPS) is 17.3. The van der Waals surface area contributed by atoms with Crippen LogP contribution in [0.5, 0.6) is 11.5 Å². The van der Waals surface area contributed by atoms with Gasteiger partial charge in [-0.25, -0.2) is 8.42 Å². The van der Waals surface area contributed by atoms with Crippen LogP contribution in [0.2, 0.25) is 5.02 Å². The summed E-state index contributed by atoms with van der Waals surface area (Å²) in [6.07, 6.45) is 5.09. The number of carbonyl (C=O) groups excluding carboxylic acids is 1. The van der Waals surface area contributed by atoms with E-state index in [4.69, 9.17) is 21.1 Å². The van der Waals surface area contributed by atoms with E-state index >= 15 is 0 Å². The number of hydrogen-bond donors (Lipinski definition) is 1. The van der Waals surface area contributed by atoms with Crippen LogP contribution in [-0.4, -0.2) is 45.9 Å². The highest BCUT2D eigenvalue weighted by molar-refractivity contribution is 7.89. The third-order valence-corrected chi connectivity index (χ3v) is 8.70. The predicted molar refractivity (Wildman–Crippen MR) is 128 cm³/mol. The highest BCUT2D eigenvalue weighted by Crippen LogP contribution is 2.36. The molecule has 178 valence electrons. The highest BCUT2D eigenvalue weighted by Gasteiger charge is 2.33. The van der Waals surface area contributed by atoms with E-state index in [-0.39, 0.29) is 11.8 Å². The topological polar surface area (TPSA) is 84.9 Å². The highest BCUT2D eigenvalue weighted by atomic mass is 35.5. The molecule has 0 saturated carbocycles. The SMILES string of the molecule is COc1cc(OC)c(NC(=O)C2CCN(S(=O)(=O)c3ccc4c(c3)CCCC4)CC2)cc1Cl.